The van der Waals surface area contributed by atoms with Gasteiger partial charge in [-0.2, -0.15) is 5.10 Å². The van der Waals surface area contributed by atoms with E-state index in [1.165, 1.54) is 0 Å². The minimum atomic E-state index is -3.62. The third-order valence-electron chi connectivity index (χ3n) is 5.99. The Balaban J connectivity index is 1.59. The predicted molar refractivity (Wildman–Crippen MR) is 138 cm³/mol. The lowest BCUT2D eigenvalue weighted by Gasteiger charge is -2.13. The molecule has 0 saturated carbocycles. The highest BCUT2D eigenvalue weighted by atomic mass is 32.2. The average Bonchev–Trinajstić information content (AvgIpc) is 3.23. The summed E-state index contributed by atoms with van der Waals surface area (Å²) in [5, 5.41) is 10.8. The molecule has 0 bridgehead atoms. The zero-order valence-corrected chi connectivity index (χ0v) is 19.9. The van der Waals surface area contributed by atoms with E-state index in [2.05, 4.69) is 23.3 Å². The van der Waals surface area contributed by atoms with E-state index in [-0.39, 0.29) is 11.3 Å². The molecule has 3 aromatic carbocycles. The largest absolute Gasteiger partial charge is 0.318 e. The Hall–Kier alpha value is -4.01. The van der Waals surface area contributed by atoms with Gasteiger partial charge in [0.05, 0.1) is 24.0 Å². The summed E-state index contributed by atoms with van der Waals surface area (Å²) in [5.74, 6) is -0.237. The van der Waals surface area contributed by atoms with Gasteiger partial charge in [-0.3, -0.25) is 9.48 Å². The van der Waals surface area contributed by atoms with Crippen molar-refractivity contribution < 1.29 is 8.42 Å². The number of hydrogen-bond acceptors (Lipinski definition) is 4. The number of benzene rings is 3. The fraction of sp³-hybridized carbons (Fsp3) is 0.111. The SMILES string of the molecule is Cn1cc(-c2ccc3cnn(Cc4ccccc4)c3c2)c(-c2ccc(CS(N)(=O)=O)cc2)cc1=O. The van der Waals surface area contributed by atoms with Crippen LogP contribution in [0.15, 0.2) is 96.1 Å². The topological polar surface area (TPSA) is 100.0 Å². The molecule has 0 unspecified atom stereocenters. The van der Waals surface area contributed by atoms with E-state index in [9.17, 15) is 13.2 Å². The Bertz CT molecular complexity index is 1690. The van der Waals surface area contributed by atoms with E-state index in [0.717, 1.165) is 38.7 Å². The normalized spacial score (nSPS) is 11.7. The van der Waals surface area contributed by atoms with Gasteiger partial charge in [-0.1, -0.05) is 66.7 Å². The maximum atomic E-state index is 12.5. The van der Waals surface area contributed by atoms with Gasteiger partial charge >= 0.3 is 0 Å². The van der Waals surface area contributed by atoms with Crippen molar-refractivity contribution in [3.05, 3.63) is 113 Å². The van der Waals surface area contributed by atoms with Gasteiger partial charge in [0.2, 0.25) is 10.0 Å². The predicted octanol–water partition coefficient (Wildman–Crippen LogP) is 3.91. The molecule has 176 valence electrons. The zero-order chi connectivity index (χ0) is 24.6. The van der Waals surface area contributed by atoms with Crippen LogP contribution in [-0.2, 0) is 29.4 Å². The molecule has 5 aromatic rings. The Labute approximate surface area is 203 Å². The molecule has 0 amide bonds. The fourth-order valence-electron chi connectivity index (χ4n) is 4.23. The number of aryl methyl sites for hydroxylation is 1. The zero-order valence-electron chi connectivity index (χ0n) is 19.1. The van der Waals surface area contributed by atoms with Crippen LogP contribution < -0.4 is 10.7 Å². The lowest BCUT2D eigenvalue weighted by atomic mass is 9.95. The summed E-state index contributed by atoms with van der Waals surface area (Å²) in [6.07, 6.45) is 3.68. The third-order valence-corrected chi connectivity index (χ3v) is 6.73. The van der Waals surface area contributed by atoms with Crippen LogP contribution in [-0.4, -0.2) is 22.8 Å². The van der Waals surface area contributed by atoms with Crippen molar-refractivity contribution in [1.29, 1.82) is 0 Å². The molecule has 5 rings (SSSR count). The molecule has 0 aliphatic carbocycles. The number of pyridine rings is 1. The van der Waals surface area contributed by atoms with Crippen molar-refractivity contribution in [1.82, 2.24) is 14.3 Å². The second kappa shape index (κ2) is 8.98. The number of rotatable bonds is 6. The molecule has 8 heteroatoms. The first-order valence-electron chi connectivity index (χ1n) is 11.1. The first-order chi connectivity index (χ1) is 16.8. The number of primary sulfonamides is 1. The van der Waals surface area contributed by atoms with Gasteiger partial charge in [0.1, 0.15) is 0 Å². The first kappa shape index (κ1) is 22.8. The molecule has 0 saturated heterocycles. The summed E-state index contributed by atoms with van der Waals surface area (Å²) in [4.78, 5) is 12.5. The molecular formula is C27H24N4O3S. The summed E-state index contributed by atoms with van der Waals surface area (Å²) in [6.45, 7) is 0.652. The van der Waals surface area contributed by atoms with Crippen LogP contribution in [0, 0.1) is 0 Å². The summed E-state index contributed by atoms with van der Waals surface area (Å²) in [5.41, 5.74) is 6.03. The number of hydrogen-bond donors (Lipinski definition) is 1. The number of nitrogens with two attached hydrogens (primary N) is 1. The van der Waals surface area contributed by atoms with Crippen molar-refractivity contribution in [2.24, 2.45) is 12.2 Å². The van der Waals surface area contributed by atoms with E-state index in [4.69, 9.17) is 5.14 Å². The Kier molecular flexibility index (Phi) is 5.84. The van der Waals surface area contributed by atoms with E-state index >= 15 is 0 Å². The van der Waals surface area contributed by atoms with Gasteiger partial charge in [0.25, 0.3) is 5.56 Å². The lowest BCUT2D eigenvalue weighted by molar-refractivity contribution is 0.597. The van der Waals surface area contributed by atoms with Gasteiger partial charge in [0.15, 0.2) is 0 Å². The number of aromatic nitrogens is 3. The van der Waals surface area contributed by atoms with Crippen molar-refractivity contribution in [3.8, 4) is 22.3 Å². The highest BCUT2D eigenvalue weighted by Gasteiger charge is 2.13. The molecule has 7 nitrogen and oxygen atoms in total. The van der Waals surface area contributed by atoms with Crippen molar-refractivity contribution >= 4 is 20.9 Å². The van der Waals surface area contributed by atoms with E-state index < -0.39 is 10.0 Å². The molecule has 35 heavy (non-hydrogen) atoms. The maximum absolute atomic E-state index is 12.5. The van der Waals surface area contributed by atoms with Gasteiger partial charge < -0.3 is 4.57 Å². The Morgan fingerprint density at radius 2 is 1.57 bits per heavy atom. The number of nitrogens with zero attached hydrogens (tertiary/aromatic N) is 3. The summed E-state index contributed by atoms with van der Waals surface area (Å²) in [6, 6.07) is 25.0. The molecule has 0 fully saturated rings. The fourth-order valence-corrected chi connectivity index (χ4v) is 4.89. The lowest BCUT2D eigenvalue weighted by Crippen LogP contribution is -2.15. The summed E-state index contributed by atoms with van der Waals surface area (Å²) < 4.78 is 26.4. The van der Waals surface area contributed by atoms with Crippen LogP contribution in [0.2, 0.25) is 0 Å². The van der Waals surface area contributed by atoms with Gasteiger partial charge in [0, 0.05) is 30.3 Å². The molecule has 0 atom stereocenters. The highest BCUT2D eigenvalue weighted by Crippen LogP contribution is 2.33. The molecule has 0 spiro atoms. The van der Waals surface area contributed by atoms with E-state index in [0.29, 0.717) is 12.1 Å². The van der Waals surface area contributed by atoms with Crippen LogP contribution in [0.1, 0.15) is 11.1 Å². The first-order valence-corrected chi connectivity index (χ1v) is 12.8. The van der Waals surface area contributed by atoms with Crippen LogP contribution in [0.3, 0.4) is 0 Å². The van der Waals surface area contributed by atoms with Crippen LogP contribution in [0.5, 0.6) is 0 Å². The Morgan fingerprint density at radius 1 is 0.857 bits per heavy atom. The average molecular weight is 485 g/mol. The van der Waals surface area contributed by atoms with Gasteiger partial charge in [-0.15, -0.1) is 0 Å². The highest BCUT2D eigenvalue weighted by molar-refractivity contribution is 7.88. The molecule has 2 heterocycles. The molecule has 0 aliphatic heterocycles. The van der Waals surface area contributed by atoms with E-state index in [1.807, 2.05) is 59.5 Å². The van der Waals surface area contributed by atoms with Gasteiger partial charge in [-0.25, -0.2) is 13.6 Å². The minimum Gasteiger partial charge on any atom is -0.318 e. The standard InChI is InChI=1S/C27H24N4O3S/c1-30-17-25(24(14-27(30)32)21-9-7-20(8-10-21)18-35(28,33)34)22-11-12-23-15-29-31(26(23)13-22)16-19-5-3-2-4-6-19/h2-15,17H,16,18H2,1H3,(H2,28,33,34). The molecular weight excluding hydrogens is 460 g/mol. The second-order valence-corrected chi connectivity index (χ2v) is 10.2. The van der Waals surface area contributed by atoms with Gasteiger partial charge in [-0.05, 0) is 33.9 Å². The molecule has 0 radical (unpaired) electrons. The summed E-state index contributed by atoms with van der Waals surface area (Å²) >= 11 is 0. The Morgan fingerprint density at radius 3 is 2.29 bits per heavy atom. The second-order valence-electron chi connectivity index (χ2n) is 8.62. The van der Waals surface area contributed by atoms with Crippen LogP contribution in [0.4, 0.5) is 0 Å². The van der Waals surface area contributed by atoms with Crippen molar-refractivity contribution in [3.63, 3.8) is 0 Å². The van der Waals surface area contributed by atoms with Crippen molar-refractivity contribution in [2.75, 3.05) is 0 Å². The van der Waals surface area contributed by atoms with Crippen LogP contribution >= 0.6 is 0 Å². The number of sulfonamides is 1. The smallest absolute Gasteiger partial charge is 0.250 e. The number of fused-ring (bicyclic) bond motifs is 1. The molecule has 2 N–H and O–H groups in total. The van der Waals surface area contributed by atoms with Crippen molar-refractivity contribution in [2.45, 2.75) is 12.3 Å². The molecule has 2 aromatic heterocycles. The minimum absolute atomic E-state index is 0.132. The maximum Gasteiger partial charge on any atom is 0.250 e. The monoisotopic (exact) mass is 484 g/mol. The van der Waals surface area contributed by atoms with E-state index in [1.54, 1.807) is 29.8 Å². The third kappa shape index (κ3) is 4.94. The molecule has 0 aliphatic rings. The quantitative estimate of drug-likeness (QED) is 0.395. The van der Waals surface area contributed by atoms with Crippen LogP contribution in [0.25, 0.3) is 33.2 Å². The summed E-state index contributed by atoms with van der Waals surface area (Å²) in [7, 11) is -1.90.